The largest absolute Gasteiger partial charge is 0.330 e. The van der Waals surface area contributed by atoms with Crippen molar-refractivity contribution in [2.45, 2.75) is 32.1 Å². The van der Waals surface area contributed by atoms with Crippen molar-refractivity contribution in [1.29, 1.82) is 0 Å². The van der Waals surface area contributed by atoms with Gasteiger partial charge in [0.25, 0.3) is 0 Å². The van der Waals surface area contributed by atoms with Gasteiger partial charge in [0.1, 0.15) is 5.82 Å². The van der Waals surface area contributed by atoms with E-state index in [-0.39, 0.29) is 17.3 Å². The van der Waals surface area contributed by atoms with Crippen molar-refractivity contribution < 1.29 is 4.79 Å². The maximum atomic E-state index is 13.4. The third kappa shape index (κ3) is 3.79. The molecule has 6 heteroatoms. The number of fused-ring (bicyclic) bond motifs is 1. The second-order valence-corrected chi connectivity index (χ2v) is 8.40. The summed E-state index contributed by atoms with van der Waals surface area (Å²) in [6.07, 6.45) is 5.07. The number of carbonyl (C=O) groups excluding carboxylic acids is 1. The minimum Gasteiger partial charge on any atom is -0.330 e. The summed E-state index contributed by atoms with van der Waals surface area (Å²) in [5.74, 6) is 0.436. The van der Waals surface area contributed by atoms with E-state index in [2.05, 4.69) is 5.32 Å². The highest BCUT2D eigenvalue weighted by Crippen LogP contribution is 2.33. The molecule has 1 saturated carbocycles. The van der Waals surface area contributed by atoms with Crippen molar-refractivity contribution >= 4 is 45.8 Å². The molecule has 1 fully saturated rings. The van der Waals surface area contributed by atoms with E-state index in [1.165, 1.54) is 6.42 Å². The van der Waals surface area contributed by atoms with Crippen LogP contribution in [0.4, 0.5) is 5.82 Å². The SMILES string of the molecule is Cn1c(NC(=O)C2CCCCC2)c(-c2ccc(Cl)c(Cl)c2)c(=O)c2ccccc21. The second kappa shape index (κ2) is 8.21. The summed E-state index contributed by atoms with van der Waals surface area (Å²) in [6.45, 7) is 0. The van der Waals surface area contributed by atoms with Crippen molar-refractivity contribution in [2.24, 2.45) is 13.0 Å². The number of hydrogen-bond donors (Lipinski definition) is 1. The van der Waals surface area contributed by atoms with Crippen LogP contribution in [-0.4, -0.2) is 10.5 Å². The molecule has 1 heterocycles. The standard InChI is InChI=1S/C23H22Cl2N2O2/c1-27-19-10-6-5-9-16(19)21(28)20(15-11-12-17(24)18(25)13-15)22(27)26-23(29)14-7-3-2-4-8-14/h5-6,9-14H,2-4,7-8H2,1H3,(H,26,29). The van der Waals surface area contributed by atoms with Gasteiger partial charge in [-0.25, -0.2) is 0 Å². The molecule has 0 saturated heterocycles. The highest BCUT2D eigenvalue weighted by atomic mass is 35.5. The monoisotopic (exact) mass is 428 g/mol. The van der Waals surface area contributed by atoms with Gasteiger partial charge < -0.3 is 9.88 Å². The minimum atomic E-state index is -0.143. The van der Waals surface area contributed by atoms with Crippen molar-refractivity contribution in [3.8, 4) is 11.1 Å². The molecule has 3 aromatic rings. The van der Waals surface area contributed by atoms with Crippen LogP contribution in [-0.2, 0) is 11.8 Å². The van der Waals surface area contributed by atoms with Gasteiger partial charge >= 0.3 is 0 Å². The van der Waals surface area contributed by atoms with E-state index in [1.54, 1.807) is 24.3 Å². The number of hydrogen-bond acceptors (Lipinski definition) is 2. The van der Waals surface area contributed by atoms with Crippen LogP contribution in [0.3, 0.4) is 0 Å². The topological polar surface area (TPSA) is 51.1 Å². The number of nitrogens with one attached hydrogen (secondary N) is 1. The number of amides is 1. The number of halogens is 2. The summed E-state index contributed by atoms with van der Waals surface area (Å²) in [5.41, 5.74) is 1.68. The predicted octanol–water partition coefficient (Wildman–Crippen LogP) is 6.03. The first-order chi connectivity index (χ1) is 14.0. The summed E-state index contributed by atoms with van der Waals surface area (Å²) < 4.78 is 1.87. The summed E-state index contributed by atoms with van der Waals surface area (Å²) in [4.78, 5) is 26.4. The fourth-order valence-corrected chi connectivity index (χ4v) is 4.44. The quantitative estimate of drug-likeness (QED) is 0.553. The average Bonchev–Trinajstić information content (AvgIpc) is 2.75. The van der Waals surface area contributed by atoms with Gasteiger partial charge in [-0.2, -0.15) is 0 Å². The van der Waals surface area contributed by atoms with Crippen molar-refractivity contribution in [3.05, 3.63) is 62.7 Å². The Bertz CT molecular complexity index is 1150. The van der Waals surface area contributed by atoms with E-state index in [0.29, 0.717) is 32.4 Å². The van der Waals surface area contributed by atoms with Crippen LogP contribution in [0.15, 0.2) is 47.3 Å². The third-order valence-electron chi connectivity index (χ3n) is 5.74. The van der Waals surface area contributed by atoms with Crippen molar-refractivity contribution in [1.82, 2.24) is 4.57 Å². The number of benzene rings is 2. The molecule has 1 amide bonds. The minimum absolute atomic E-state index is 0.0213. The molecule has 4 nitrogen and oxygen atoms in total. The van der Waals surface area contributed by atoms with Crippen LogP contribution < -0.4 is 10.7 Å². The number of rotatable bonds is 3. The highest BCUT2D eigenvalue weighted by molar-refractivity contribution is 6.42. The molecule has 1 aliphatic rings. The summed E-state index contributed by atoms with van der Waals surface area (Å²) in [7, 11) is 1.86. The van der Waals surface area contributed by atoms with Gasteiger partial charge in [0.2, 0.25) is 5.91 Å². The van der Waals surface area contributed by atoms with E-state index < -0.39 is 0 Å². The summed E-state index contributed by atoms with van der Waals surface area (Å²) >= 11 is 12.3. The van der Waals surface area contributed by atoms with Gasteiger partial charge in [0, 0.05) is 18.4 Å². The van der Waals surface area contributed by atoms with Crippen LogP contribution in [0.25, 0.3) is 22.0 Å². The summed E-state index contributed by atoms with van der Waals surface area (Å²) in [6, 6.07) is 12.5. The lowest BCUT2D eigenvalue weighted by atomic mass is 9.88. The Morgan fingerprint density at radius 3 is 2.48 bits per heavy atom. The van der Waals surface area contributed by atoms with Crippen LogP contribution in [0.5, 0.6) is 0 Å². The second-order valence-electron chi connectivity index (χ2n) is 7.58. The zero-order valence-electron chi connectivity index (χ0n) is 16.2. The number of nitrogens with zero attached hydrogens (tertiary/aromatic N) is 1. The Hall–Kier alpha value is -2.30. The normalized spacial score (nSPS) is 14.9. The van der Waals surface area contributed by atoms with E-state index in [9.17, 15) is 9.59 Å². The maximum Gasteiger partial charge on any atom is 0.228 e. The van der Waals surface area contributed by atoms with Gasteiger partial charge in [0.05, 0.1) is 21.1 Å². The van der Waals surface area contributed by atoms with Crippen LogP contribution in [0.1, 0.15) is 32.1 Å². The zero-order valence-corrected chi connectivity index (χ0v) is 17.7. The fourth-order valence-electron chi connectivity index (χ4n) is 4.14. The number of para-hydroxylation sites is 1. The first-order valence-electron chi connectivity index (χ1n) is 9.85. The first kappa shape index (κ1) is 20.0. The predicted molar refractivity (Wildman–Crippen MR) is 120 cm³/mol. The molecular weight excluding hydrogens is 407 g/mol. The maximum absolute atomic E-state index is 13.4. The fraction of sp³-hybridized carbons (Fsp3) is 0.304. The van der Waals surface area contributed by atoms with Gasteiger partial charge in [0.15, 0.2) is 5.43 Å². The van der Waals surface area contributed by atoms with Crippen molar-refractivity contribution in [3.63, 3.8) is 0 Å². The van der Waals surface area contributed by atoms with Crippen LogP contribution >= 0.6 is 23.2 Å². The molecule has 29 heavy (non-hydrogen) atoms. The lowest BCUT2D eigenvalue weighted by Crippen LogP contribution is -2.28. The molecular formula is C23H22Cl2N2O2. The molecule has 0 spiro atoms. The average molecular weight is 429 g/mol. The third-order valence-corrected chi connectivity index (χ3v) is 6.47. The number of carbonyl (C=O) groups is 1. The highest BCUT2D eigenvalue weighted by Gasteiger charge is 2.25. The molecule has 0 atom stereocenters. The Balaban J connectivity index is 1.91. The lowest BCUT2D eigenvalue weighted by Gasteiger charge is -2.23. The summed E-state index contributed by atoms with van der Waals surface area (Å²) in [5, 5.41) is 4.43. The molecule has 0 radical (unpaired) electrons. The number of anilines is 1. The molecule has 1 aromatic heterocycles. The van der Waals surface area contributed by atoms with Gasteiger partial charge in [-0.15, -0.1) is 0 Å². The Morgan fingerprint density at radius 1 is 1.03 bits per heavy atom. The van der Waals surface area contributed by atoms with Crippen LogP contribution in [0, 0.1) is 5.92 Å². The molecule has 0 bridgehead atoms. The molecule has 1 N–H and O–H groups in total. The molecule has 1 aliphatic carbocycles. The molecule has 2 aromatic carbocycles. The van der Waals surface area contributed by atoms with Gasteiger partial charge in [-0.3, -0.25) is 9.59 Å². The smallest absolute Gasteiger partial charge is 0.228 e. The van der Waals surface area contributed by atoms with Crippen molar-refractivity contribution in [2.75, 3.05) is 5.32 Å². The molecule has 0 aliphatic heterocycles. The number of pyridine rings is 1. The van der Waals surface area contributed by atoms with Crippen LogP contribution in [0.2, 0.25) is 10.0 Å². The molecule has 4 rings (SSSR count). The van der Waals surface area contributed by atoms with E-state index >= 15 is 0 Å². The molecule has 150 valence electrons. The zero-order chi connectivity index (χ0) is 20.5. The molecule has 0 unspecified atom stereocenters. The first-order valence-corrected chi connectivity index (χ1v) is 10.6. The number of aryl methyl sites for hydroxylation is 1. The van der Waals surface area contributed by atoms with E-state index in [1.807, 2.05) is 29.8 Å². The van der Waals surface area contributed by atoms with E-state index in [0.717, 1.165) is 31.2 Å². The van der Waals surface area contributed by atoms with Gasteiger partial charge in [-0.1, -0.05) is 60.7 Å². The Kier molecular flexibility index (Phi) is 5.66. The number of aromatic nitrogens is 1. The van der Waals surface area contributed by atoms with Gasteiger partial charge in [-0.05, 0) is 42.7 Å². The Morgan fingerprint density at radius 2 is 1.76 bits per heavy atom. The van der Waals surface area contributed by atoms with E-state index in [4.69, 9.17) is 23.2 Å². The Labute approximate surface area is 179 Å². The lowest BCUT2D eigenvalue weighted by molar-refractivity contribution is -0.120.